The lowest BCUT2D eigenvalue weighted by Crippen LogP contribution is -2.40. The van der Waals surface area contributed by atoms with Gasteiger partial charge in [0.05, 0.1) is 6.20 Å². The Bertz CT molecular complexity index is 749. The maximum absolute atomic E-state index is 13.8. The van der Waals surface area contributed by atoms with Crippen molar-refractivity contribution in [1.82, 2.24) is 20.0 Å². The Balaban J connectivity index is 1.39. The molecule has 3 heterocycles. The quantitative estimate of drug-likeness (QED) is 0.939. The molecule has 1 N–H and O–H groups in total. The summed E-state index contributed by atoms with van der Waals surface area (Å²) < 4.78 is 15.4. The van der Waals surface area contributed by atoms with Crippen LogP contribution in [0.2, 0.25) is 0 Å². The highest BCUT2D eigenvalue weighted by Crippen LogP contribution is 2.37. The van der Waals surface area contributed by atoms with E-state index in [1.54, 1.807) is 29.1 Å². The highest BCUT2D eigenvalue weighted by molar-refractivity contribution is 5.79. The molecule has 1 aromatic carbocycles. The number of nitrogens with zero attached hydrogens (tertiary/aromatic N) is 3. The summed E-state index contributed by atoms with van der Waals surface area (Å²) in [6.07, 6.45) is 6.47. The Kier molecular flexibility index (Phi) is 3.84. The molecular weight excluding hydrogens is 307 g/mol. The van der Waals surface area contributed by atoms with E-state index >= 15 is 0 Å². The van der Waals surface area contributed by atoms with Gasteiger partial charge < -0.3 is 5.32 Å². The number of hydrogen-bond acceptors (Lipinski definition) is 3. The molecule has 0 unspecified atom stereocenters. The van der Waals surface area contributed by atoms with Crippen LogP contribution >= 0.6 is 0 Å². The SMILES string of the molecule is O=C1CC2(CCN(Cc3cnn(-c4ccccc4F)c3)CC2)CN1. The Morgan fingerprint density at radius 2 is 2.04 bits per heavy atom. The van der Waals surface area contributed by atoms with Gasteiger partial charge in [0, 0.05) is 31.3 Å². The van der Waals surface area contributed by atoms with Gasteiger partial charge >= 0.3 is 0 Å². The smallest absolute Gasteiger partial charge is 0.220 e. The third kappa shape index (κ3) is 2.94. The van der Waals surface area contributed by atoms with Crippen molar-refractivity contribution in [3.8, 4) is 5.69 Å². The van der Waals surface area contributed by atoms with Crippen molar-refractivity contribution < 1.29 is 9.18 Å². The van der Waals surface area contributed by atoms with Crippen LogP contribution in [0.15, 0.2) is 36.7 Å². The summed E-state index contributed by atoms with van der Waals surface area (Å²) in [6.45, 7) is 3.61. The first-order valence-electron chi connectivity index (χ1n) is 8.41. The van der Waals surface area contributed by atoms with E-state index < -0.39 is 0 Å². The van der Waals surface area contributed by atoms with Crippen LogP contribution in [0.3, 0.4) is 0 Å². The molecule has 2 aromatic rings. The van der Waals surface area contributed by atoms with Crippen molar-refractivity contribution in [3.63, 3.8) is 0 Å². The third-order valence-corrected chi connectivity index (χ3v) is 5.25. The highest BCUT2D eigenvalue weighted by Gasteiger charge is 2.40. The standard InChI is InChI=1S/C18H21FN4O/c19-15-3-1-2-4-16(15)23-12-14(10-21-23)11-22-7-5-18(6-8-22)9-17(24)20-13-18/h1-4,10,12H,5-9,11,13H2,(H,20,24). The van der Waals surface area contributed by atoms with E-state index in [0.29, 0.717) is 12.1 Å². The molecule has 2 aliphatic heterocycles. The second-order valence-electron chi connectivity index (χ2n) is 6.97. The molecule has 0 saturated carbocycles. The largest absolute Gasteiger partial charge is 0.356 e. The predicted molar refractivity (Wildman–Crippen MR) is 88.1 cm³/mol. The summed E-state index contributed by atoms with van der Waals surface area (Å²) in [4.78, 5) is 13.9. The summed E-state index contributed by atoms with van der Waals surface area (Å²) in [7, 11) is 0. The molecular formula is C18H21FN4O. The van der Waals surface area contributed by atoms with Crippen LogP contribution in [0, 0.1) is 11.2 Å². The molecule has 5 nitrogen and oxygen atoms in total. The number of aromatic nitrogens is 2. The first-order valence-corrected chi connectivity index (χ1v) is 8.41. The average Bonchev–Trinajstić information content (AvgIpc) is 3.18. The van der Waals surface area contributed by atoms with Gasteiger partial charge in [-0.05, 0) is 43.5 Å². The molecule has 126 valence electrons. The number of benzene rings is 1. The van der Waals surface area contributed by atoms with Gasteiger partial charge in [-0.2, -0.15) is 5.10 Å². The maximum Gasteiger partial charge on any atom is 0.220 e. The number of hydrogen-bond donors (Lipinski definition) is 1. The fourth-order valence-corrected chi connectivity index (χ4v) is 3.76. The Hall–Kier alpha value is -2.21. The zero-order chi connectivity index (χ0) is 16.6. The number of amides is 1. The molecule has 2 fully saturated rings. The Labute approximate surface area is 140 Å². The lowest BCUT2D eigenvalue weighted by atomic mass is 9.77. The van der Waals surface area contributed by atoms with Gasteiger partial charge in [-0.3, -0.25) is 9.69 Å². The molecule has 0 atom stereocenters. The minimum atomic E-state index is -0.273. The van der Waals surface area contributed by atoms with Crippen LogP contribution in [-0.4, -0.2) is 40.2 Å². The lowest BCUT2D eigenvalue weighted by molar-refractivity contribution is -0.119. The van der Waals surface area contributed by atoms with E-state index in [1.165, 1.54) is 6.07 Å². The van der Waals surface area contributed by atoms with Crippen molar-refractivity contribution in [2.24, 2.45) is 5.41 Å². The van der Waals surface area contributed by atoms with Crippen LogP contribution in [-0.2, 0) is 11.3 Å². The molecule has 4 rings (SSSR count). The van der Waals surface area contributed by atoms with Crippen LogP contribution in [0.4, 0.5) is 4.39 Å². The van der Waals surface area contributed by atoms with E-state index in [9.17, 15) is 9.18 Å². The summed E-state index contributed by atoms with van der Waals surface area (Å²) in [5, 5.41) is 7.25. The van der Waals surface area contributed by atoms with E-state index in [1.807, 2.05) is 6.20 Å². The number of halogens is 1. The second-order valence-corrected chi connectivity index (χ2v) is 6.97. The number of carbonyl (C=O) groups excluding carboxylic acids is 1. The first kappa shape index (κ1) is 15.3. The summed E-state index contributed by atoms with van der Waals surface area (Å²) >= 11 is 0. The van der Waals surface area contributed by atoms with Crippen LogP contribution in [0.1, 0.15) is 24.8 Å². The molecule has 24 heavy (non-hydrogen) atoms. The normalized spacial score (nSPS) is 20.5. The van der Waals surface area contributed by atoms with Crippen molar-refractivity contribution >= 4 is 5.91 Å². The fraction of sp³-hybridized carbons (Fsp3) is 0.444. The predicted octanol–water partition coefficient (Wildman–Crippen LogP) is 2.11. The lowest BCUT2D eigenvalue weighted by Gasteiger charge is -2.38. The average molecular weight is 328 g/mol. The van der Waals surface area contributed by atoms with Crippen molar-refractivity contribution in [3.05, 3.63) is 48.0 Å². The minimum Gasteiger partial charge on any atom is -0.356 e. The summed E-state index contributed by atoms with van der Waals surface area (Å²) in [5.74, 6) is -0.0833. The molecule has 0 radical (unpaired) electrons. The van der Waals surface area contributed by atoms with Gasteiger partial charge in [-0.15, -0.1) is 0 Å². The van der Waals surface area contributed by atoms with Gasteiger partial charge in [-0.1, -0.05) is 12.1 Å². The molecule has 6 heteroatoms. The third-order valence-electron chi connectivity index (χ3n) is 5.25. The number of nitrogens with one attached hydrogen (secondary N) is 1. The van der Waals surface area contributed by atoms with Crippen molar-refractivity contribution in [2.75, 3.05) is 19.6 Å². The molecule has 0 aliphatic carbocycles. The van der Waals surface area contributed by atoms with Crippen LogP contribution in [0.25, 0.3) is 5.69 Å². The topological polar surface area (TPSA) is 50.2 Å². The molecule has 1 aromatic heterocycles. The van der Waals surface area contributed by atoms with E-state index in [4.69, 9.17) is 0 Å². The molecule has 0 bridgehead atoms. The first-order chi connectivity index (χ1) is 11.6. The highest BCUT2D eigenvalue weighted by atomic mass is 19.1. The maximum atomic E-state index is 13.8. The molecule has 2 saturated heterocycles. The van der Waals surface area contributed by atoms with Crippen LogP contribution < -0.4 is 5.32 Å². The van der Waals surface area contributed by atoms with Gasteiger partial charge in [0.2, 0.25) is 5.91 Å². The van der Waals surface area contributed by atoms with E-state index in [0.717, 1.165) is 44.6 Å². The molecule has 1 amide bonds. The van der Waals surface area contributed by atoms with Crippen molar-refractivity contribution in [1.29, 1.82) is 0 Å². The molecule has 1 spiro atoms. The van der Waals surface area contributed by atoms with Gasteiger partial charge in [0.1, 0.15) is 11.5 Å². The second kappa shape index (κ2) is 6.02. The Morgan fingerprint density at radius 3 is 2.75 bits per heavy atom. The van der Waals surface area contributed by atoms with E-state index in [-0.39, 0.29) is 17.1 Å². The van der Waals surface area contributed by atoms with Crippen LogP contribution in [0.5, 0.6) is 0 Å². The Morgan fingerprint density at radius 1 is 1.25 bits per heavy atom. The van der Waals surface area contributed by atoms with Gasteiger partial charge in [0.25, 0.3) is 0 Å². The summed E-state index contributed by atoms with van der Waals surface area (Å²) in [6, 6.07) is 6.65. The number of likely N-dealkylation sites (tertiary alicyclic amines) is 1. The van der Waals surface area contributed by atoms with Crippen molar-refractivity contribution in [2.45, 2.75) is 25.8 Å². The van der Waals surface area contributed by atoms with E-state index in [2.05, 4.69) is 15.3 Å². The van der Waals surface area contributed by atoms with Gasteiger partial charge in [0.15, 0.2) is 0 Å². The fourth-order valence-electron chi connectivity index (χ4n) is 3.76. The number of piperidine rings is 1. The number of rotatable bonds is 3. The number of para-hydroxylation sites is 1. The summed E-state index contributed by atoms with van der Waals surface area (Å²) in [5.41, 5.74) is 1.72. The number of carbonyl (C=O) groups is 1. The monoisotopic (exact) mass is 328 g/mol. The zero-order valence-corrected chi connectivity index (χ0v) is 13.5. The zero-order valence-electron chi connectivity index (χ0n) is 13.5. The molecule has 2 aliphatic rings. The van der Waals surface area contributed by atoms with Gasteiger partial charge in [-0.25, -0.2) is 9.07 Å². The minimum absolute atomic E-state index is 0.172.